The average Bonchev–Trinajstić information content (AvgIpc) is 3.19. The number of nitrogens with zero attached hydrogens (tertiary/aromatic N) is 3. The molecular formula is C12H9BrF2N4. The Labute approximate surface area is 116 Å². The van der Waals surface area contributed by atoms with Crippen LogP contribution >= 0.6 is 15.9 Å². The summed E-state index contributed by atoms with van der Waals surface area (Å²) in [5.74, 6) is -0.652. The highest BCUT2D eigenvalue weighted by molar-refractivity contribution is 9.10. The number of hydrogen-bond donors (Lipinski definition) is 1. The first-order valence-electron chi connectivity index (χ1n) is 5.71. The molecule has 19 heavy (non-hydrogen) atoms. The molecule has 1 aromatic carbocycles. The van der Waals surface area contributed by atoms with Crippen molar-refractivity contribution in [3.05, 3.63) is 34.1 Å². The predicted molar refractivity (Wildman–Crippen MR) is 69.3 cm³/mol. The smallest absolute Gasteiger partial charge is 0.223 e. The van der Waals surface area contributed by atoms with Crippen LogP contribution in [0.15, 0.2) is 16.6 Å². The Balaban J connectivity index is 2.13. The largest absolute Gasteiger partial charge is 0.368 e. The first-order valence-corrected chi connectivity index (χ1v) is 6.51. The number of nitrogen functional groups attached to an aromatic ring is 1. The van der Waals surface area contributed by atoms with Crippen molar-refractivity contribution in [3.63, 3.8) is 0 Å². The molecule has 1 heterocycles. The van der Waals surface area contributed by atoms with E-state index in [2.05, 4.69) is 30.9 Å². The average molecular weight is 327 g/mol. The van der Waals surface area contributed by atoms with Gasteiger partial charge in [-0.25, -0.2) is 13.8 Å². The van der Waals surface area contributed by atoms with Crippen molar-refractivity contribution in [2.24, 2.45) is 0 Å². The molecule has 2 N–H and O–H groups in total. The summed E-state index contributed by atoms with van der Waals surface area (Å²) in [5, 5.41) is 0. The second kappa shape index (κ2) is 4.48. The summed E-state index contributed by atoms with van der Waals surface area (Å²) in [6, 6.07) is 2.44. The predicted octanol–water partition coefficient (Wildman–Crippen LogP) is 3.04. The van der Waals surface area contributed by atoms with E-state index in [1.54, 1.807) is 0 Å². The summed E-state index contributed by atoms with van der Waals surface area (Å²) >= 11 is 3.01. The van der Waals surface area contributed by atoms with E-state index in [1.807, 2.05) is 0 Å². The number of hydrogen-bond acceptors (Lipinski definition) is 4. The third-order valence-corrected chi connectivity index (χ3v) is 3.66. The van der Waals surface area contributed by atoms with Crippen molar-refractivity contribution in [1.29, 1.82) is 0 Å². The van der Waals surface area contributed by atoms with Gasteiger partial charge >= 0.3 is 0 Å². The van der Waals surface area contributed by atoms with Crippen molar-refractivity contribution >= 4 is 21.9 Å². The highest BCUT2D eigenvalue weighted by Gasteiger charge is 2.28. The Morgan fingerprint density at radius 1 is 1.16 bits per heavy atom. The van der Waals surface area contributed by atoms with Gasteiger partial charge in [-0.3, -0.25) is 0 Å². The maximum Gasteiger partial charge on any atom is 0.223 e. The Hall–Kier alpha value is -1.63. The minimum Gasteiger partial charge on any atom is -0.368 e. The number of nitrogens with two attached hydrogens (primary N) is 1. The van der Waals surface area contributed by atoms with E-state index in [-0.39, 0.29) is 16.2 Å². The third kappa shape index (κ3) is 2.30. The first kappa shape index (κ1) is 12.4. The molecule has 7 heteroatoms. The lowest BCUT2D eigenvalue weighted by Crippen LogP contribution is -2.05. The van der Waals surface area contributed by atoms with Crippen molar-refractivity contribution in [2.75, 3.05) is 5.73 Å². The maximum atomic E-state index is 13.5. The number of halogens is 3. The van der Waals surface area contributed by atoms with Gasteiger partial charge in [0.1, 0.15) is 5.82 Å². The highest BCUT2D eigenvalue weighted by atomic mass is 79.9. The van der Waals surface area contributed by atoms with Gasteiger partial charge in [0.15, 0.2) is 17.5 Å². The molecule has 0 unspecified atom stereocenters. The molecule has 3 rings (SSSR count). The first-order chi connectivity index (χ1) is 9.06. The van der Waals surface area contributed by atoms with Crippen molar-refractivity contribution < 1.29 is 8.78 Å². The van der Waals surface area contributed by atoms with Gasteiger partial charge in [-0.15, -0.1) is 0 Å². The SMILES string of the molecule is Nc1nc(-c2ccc(F)c(F)c2Br)nc(C2CC2)n1. The molecule has 1 saturated carbocycles. The van der Waals surface area contributed by atoms with E-state index in [0.717, 1.165) is 18.9 Å². The molecule has 0 atom stereocenters. The highest BCUT2D eigenvalue weighted by Crippen LogP contribution is 2.39. The molecule has 1 aromatic heterocycles. The normalized spacial score (nSPS) is 14.7. The third-order valence-electron chi connectivity index (χ3n) is 2.89. The molecule has 0 saturated heterocycles. The van der Waals surface area contributed by atoms with Crippen LogP contribution < -0.4 is 5.73 Å². The van der Waals surface area contributed by atoms with Crippen molar-refractivity contribution in [1.82, 2.24) is 15.0 Å². The number of anilines is 1. The minimum atomic E-state index is -0.968. The van der Waals surface area contributed by atoms with Gasteiger partial charge in [0.25, 0.3) is 0 Å². The fourth-order valence-corrected chi connectivity index (χ4v) is 2.25. The van der Waals surface area contributed by atoms with E-state index < -0.39 is 11.6 Å². The van der Waals surface area contributed by atoms with E-state index in [1.165, 1.54) is 6.07 Å². The van der Waals surface area contributed by atoms with E-state index >= 15 is 0 Å². The standard InChI is InChI=1S/C12H9BrF2N4/c13-8-6(3-4-7(14)9(8)15)11-17-10(5-1-2-5)18-12(16)19-11/h3-5H,1-2H2,(H2,16,17,18,19). The van der Waals surface area contributed by atoms with Crippen LogP contribution in [-0.4, -0.2) is 15.0 Å². The van der Waals surface area contributed by atoms with E-state index in [4.69, 9.17) is 5.73 Å². The topological polar surface area (TPSA) is 64.7 Å². The van der Waals surface area contributed by atoms with Crippen LogP contribution in [0, 0.1) is 11.6 Å². The lowest BCUT2D eigenvalue weighted by atomic mass is 10.2. The van der Waals surface area contributed by atoms with Gasteiger partial charge in [-0.2, -0.15) is 9.97 Å². The Bertz CT molecular complexity index is 658. The second-order valence-corrected chi connectivity index (χ2v) is 5.17. The van der Waals surface area contributed by atoms with Gasteiger partial charge < -0.3 is 5.73 Å². The second-order valence-electron chi connectivity index (χ2n) is 4.37. The number of benzene rings is 1. The summed E-state index contributed by atoms with van der Waals surface area (Å²) in [7, 11) is 0. The zero-order chi connectivity index (χ0) is 13.6. The van der Waals surface area contributed by atoms with E-state index in [0.29, 0.717) is 17.3 Å². The maximum absolute atomic E-state index is 13.5. The molecule has 0 aliphatic heterocycles. The van der Waals surface area contributed by atoms with E-state index in [9.17, 15) is 8.78 Å². The van der Waals surface area contributed by atoms with Crippen LogP contribution in [0.1, 0.15) is 24.6 Å². The van der Waals surface area contributed by atoms with Crippen molar-refractivity contribution in [3.8, 4) is 11.4 Å². The monoisotopic (exact) mass is 326 g/mol. The quantitative estimate of drug-likeness (QED) is 0.861. The number of rotatable bonds is 2. The Morgan fingerprint density at radius 2 is 1.89 bits per heavy atom. The Kier molecular flexibility index (Phi) is 2.93. The minimum absolute atomic E-state index is 0.0140. The molecule has 0 spiro atoms. The molecule has 4 nitrogen and oxygen atoms in total. The molecule has 0 amide bonds. The fourth-order valence-electron chi connectivity index (χ4n) is 1.75. The van der Waals surface area contributed by atoms with Gasteiger partial charge in [-0.05, 0) is 40.9 Å². The van der Waals surface area contributed by atoms with Crippen LogP contribution in [0.2, 0.25) is 0 Å². The Morgan fingerprint density at radius 3 is 2.58 bits per heavy atom. The lowest BCUT2D eigenvalue weighted by Gasteiger charge is -2.07. The molecule has 0 radical (unpaired) electrons. The van der Waals surface area contributed by atoms with Crippen molar-refractivity contribution in [2.45, 2.75) is 18.8 Å². The zero-order valence-electron chi connectivity index (χ0n) is 9.70. The summed E-state index contributed by atoms with van der Waals surface area (Å²) in [4.78, 5) is 12.3. The summed E-state index contributed by atoms with van der Waals surface area (Å²) in [6.07, 6.45) is 2.03. The molecular weight excluding hydrogens is 318 g/mol. The molecule has 0 bridgehead atoms. The molecule has 1 fully saturated rings. The van der Waals surface area contributed by atoms with Crippen LogP contribution in [0.4, 0.5) is 14.7 Å². The summed E-state index contributed by atoms with van der Waals surface area (Å²) in [5.41, 5.74) is 5.99. The van der Waals surface area contributed by atoms with Crippen LogP contribution in [0.25, 0.3) is 11.4 Å². The fraction of sp³-hybridized carbons (Fsp3) is 0.250. The van der Waals surface area contributed by atoms with Gasteiger partial charge in [0.2, 0.25) is 5.95 Å². The summed E-state index contributed by atoms with van der Waals surface area (Å²) in [6.45, 7) is 0. The van der Waals surface area contributed by atoms with Crippen LogP contribution in [0.5, 0.6) is 0 Å². The molecule has 2 aromatic rings. The molecule has 1 aliphatic rings. The molecule has 1 aliphatic carbocycles. The molecule has 98 valence electrons. The van der Waals surface area contributed by atoms with Gasteiger partial charge in [0.05, 0.1) is 4.47 Å². The summed E-state index contributed by atoms with van der Waals surface area (Å²) < 4.78 is 26.6. The number of aromatic nitrogens is 3. The lowest BCUT2D eigenvalue weighted by molar-refractivity contribution is 0.504. The van der Waals surface area contributed by atoms with Crippen LogP contribution in [-0.2, 0) is 0 Å². The van der Waals surface area contributed by atoms with Gasteiger partial charge in [0, 0.05) is 11.5 Å². The zero-order valence-corrected chi connectivity index (χ0v) is 11.3. The van der Waals surface area contributed by atoms with Gasteiger partial charge in [-0.1, -0.05) is 0 Å². The van der Waals surface area contributed by atoms with Crippen LogP contribution in [0.3, 0.4) is 0 Å².